The van der Waals surface area contributed by atoms with Crippen LogP contribution in [0.5, 0.6) is 0 Å². The van der Waals surface area contributed by atoms with Gasteiger partial charge in [0.05, 0.1) is 0 Å². The monoisotopic (exact) mass is 223 g/mol. The molecule has 1 aromatic carbocycles. The molecule has 0 aliphatic carbocycles. The van der Waals surface area contributed by atoms with Crippen molar-refractivity contribution in [3.05, 3.63) is 35.4 Å². The van der Waals surface area contributed by atoms with E-state index in [0.29, 0.717) is 4.99 Å². The van der Waals surface area contributed by atoms with Crippen molar-refractivity contribution in [2.75, 3.05) is 14.1 Å². The fourth-order valence-corrected chi connectivity index (χ4v) is 1.63. The van der Waals surface area contributed by atoms with E-state index in [1.807, 2.05) is 38.4 Å². The molecule has 0 heterocycles. The highest BCUT2D eigenvalue weighted by atomic mass is 32.1. The van der Waals surface area contributed by atoms with Gasteiger partial charge in [-0.25, -0.2) is 0 Å². The topological polar surface area (TPSA) is 23.5 Å². The highest BCUT2D eigenvalue weighted by Crippen LogP contribution is 2.20. The van der Waals surface area contributed by atoms with Gasteiger partial charge in [-0.1, -0.05) is 43.4 Å². The number of likely N-dealkylation sites (N-methyl/N-ethyl adjacent to an activating group) is 1. The molecular weight excluding hydrogens is 206 g/mol. The number of rotatable bonds is 3. The Morgan fingerprint density at radius 1 is 1.40 bits per heavy atom. The first-order valence-corrected chi connectivity index (χ1v) is 5.45. The highest BCUT2D eigenvalue weighted by Gasteiger charge is 2.17. The van der Waals surface area contributed by atoms with Gasteiger partial charge in [0.15, 0.2) is 0 Å². The lowest BCUT2D eigenvalue weighted by atomic mass is 10.0. The number of benzene rings is 1. The summed E-state index contributed by atoms with van der Waals surface area (Å²) in [5, 5.41) is 10.1. The summed E-state index contributed by atoms with van der Waals surface area (Å²) in [6.07, 6.45) is 0.231. The summed E-state index contributed by atoms with van der Waals surface area (Å²) < 4.78 is 0. The van der Waals surface area contributed by atoms with E-state index in [1.54, 1.807) is 4.90 Å². The number of aliphatic hydroxyl groups excluding tert-OH is 1. The quantitative estimate of drug-likeness (QED) is 0.794. The third-order valence-corrected chi connectivity index (χ3v) is 2.99. The van der Waals surface area contributed by atoms with E-state index < -0.39 is 6.10 Å². The number of hydrogen-bond donors (Lipinski definition) is 1. The van der Waals surface area contributed by atoms with Crippen molar-refractivity contribution in [2.45, 2.75) is 19.4 Å². The van der Waals surface area contributed by atoms with Gasteiger partial charge in [-0.2, -0.15) is 0 Å². The standard InChI is InChI=1S/C12H17NOS/c1-4-9-7-5-6-8-10(9)11(14)12(15)13(2)3/h5-8,11,14H,4H2,1-3H3. The average molecular weight is 223 g/mol. The minimum Gasteiger partial charge on any atom is -0.381 e. The maximum Gasteiger partial charge on any atom is 0.129 e. The second-order valence-corrected chi connectivity index (χ2v) is 4.11. The molecule has 0 aromatic heterocycles. The Morgan fingerprint density at radius 3 is 2.53 bits per heavy atom. The minimum absolute atomic E-state index is 0.552. The van der Waals surface area contributed by atoms with E-state index in [-0.39, 0.29) is 0 Å². The normalized spacial score (nSPS) is 12.3. The smallest absolute Gasteiger partial charge is 0.129 e. The second kappa shape index (κ2) is 5.24. The lowest BCUT2D eigenvalue weighted by molar-refractivity contribution is 0.235. The largest absolute Gasteiger partial charge is 0.381 e. The first-order valence-electron chi connectivity index (χ1n) is 5.05. The molecular formula is C12H17NOS. The summed E-state index contributed by atoms with van der Waals surface area (Å²) in [7, 11) is 3.69. The molecule has 15 heavy (non-hydrogen) atoms. The Hall–Kier alpha value is -0.930. The van der Waals surface area contributed by atoms with Crippen molar-refractivity contribution in [2.24, 2.45) is 0 Å². The molecule has 2 nitrogen and oxygen atoms in total. The summed E-state index contributed by atoms with van der Waals surface area (Å²) in [4.78, 5) is 2.32. The molecule has 0 spiro atoms. The third kappa shape index (κ3) is 2.76. The fraction of sp³-hybridized carbons (Fsp3) is 0.417. The molecule has 1 rings (SSSR count). The van der Waals surface area contributed by atoms with E-state index in [1.165, 1.54) is 0 Å². The highest BCUT2D eigenvalue weighted by molar-refractivity contribution is 7.80. The van der Waals surface area contributed by atoms with Crippen molar-refractivity contribution in [3.8, 4) is 0 Å². The van der Waals surface area contributed by atoms with E-state index >= 15 is 0 Å². The molecule has 0 bridgehead atoms. The molecule has 1 unspecified atom stereocenters. The Labute approximate surface area is 96.5 Å². The number of hydrogen-bond acceptors (Lipinski definition) is 2. The number of aryl methyl sites for hydroxylation is 1. The van der Waals surface area contributed by atoms with Gasteiger partial charge in [0.25, 0.3) is 0 Å². The maximum atomic E-state index is 10.1. The van der Waals surface area contributed by atoms with Crippen molar-refractivity contribution in [1.29, 1.82) is 0 Å². The number of nitrogens with zero attached hydrogens (tertiary/aromatic N) is 1. The molecule has 1 aromatic rings. The van der Waals surface area contributed by atoms with Crippen LogP contribution in [0.1, 0.15) is 24.2 Å². The lowest BCUT2D eigenvalue weighted by Crippen LogP contribution is -2.26. The van der Waals surface area contributed by atoms with Gasteiger partial charge < -0.3 is 10.0 Å². The fourth-order valence-electron chi connectivity index (χ4n) is 1.50. The van der Waals surface area contributed by atoms with Gasteiger partial charge >= 0.3 is 0 Å². The Kier molecular flexibility index (Phi) is 4.24. The Bertz CT molecular complexity index is 349. The van der Waals surface area contributed by atoms with Gasteiger partial charge in [0, 0.05) is 14.1 Å². The Balaban J connectivity index is 3.00. The van der Waals surface area contributed by atoms with E-state index in [4.69, 9.17) is 12.2 Å². The van der Waals surface area contributed by atoms with Crippen LogP contribution < -0.4 is 0 Å². The molecule has 0 radical (unpaired) electrons. The zero-order valence-corrected chi connectivity index (χ0v) is 10.2. The SMILES string of the molecule is CCc1ccccc1C(O)C(=S)N(C)C. The summed E-state index contributed by atoms with van der Waals surface area (Å²) in [5.74, 6) is 0. The van der Waals surface area contributed by atoms with Gasteiger partial charge in [-0.15, -0.1) is 0 Å². The first kappa shape index (κ1) is 12.1. The van der Waals surface area contributed by atoms with E-state index in [0.717, 1.165) is 17.5 Å². The Morgan fingerprint density at radius 2 is 2.00 bits per heavy atom. The van der Waals surface area contributed by atoms with Crippen molar-refractivity contribution >= 4 is 17.2 Å². The maximum absolute atomic E-state index is 10.1. The molecule has 82 valence electrons. The van der Waals surface area contributed by atoms with Crippen LogP contribution in [0.3, 0.4) is 0 Å². The molecule has 0 aliphatic rings. The van der Waals surface area contributed by atoms with Crippen LogP contribution in [0.2, 0.25) is 0 Å². The van der Waals surface area contributed by atoms with E-state index in [2.05, 4.69) is 6.92 Å². The van der Waals surface area contributed by atoms with Crippen LogP contribution in [0, 0.1) is 0 Å². The van der Waals surface area contributed by atoms with Crippen LogP contribution in [-0.4, -0.2) is 29.1 Å². The summed E-state index contributed by atoms with van der Waals surface area (Å²) in [6.45, 7) is 2.07. The van der Waals surface area contributed by atoms with Crippen LogP contribution in [0.25, 0.3) is 0 Å². The molecule has 0 fully saturated rings. The molecule has 3 heteroatoms. The molecule has 0 aliphatic heterocycles. The molecule has 0 saturated carbocycles. The van der Waals surface area contributed by atoms with Crippen LogP contribution >= 0.6 is 12.2 Å². The van der Waals surface area contributed by atoms with Gasteiger partial charge in [0.2, 0.25) is 0 Å². The summed E-state index contributed by atoms with van der Waals surface area (Å²) in [6, 6.07) is 7.86. The molecule has 1 N–H and O–H groups in total. The second-order valence-electron chi connectivity index (χ2n) is 3.69. The first-order chi connectivity index (χ1) is 7.07. The molecule has 0 amide bonds. The predicted octanol–water partition coefficient (Wildman–Crippen LogP) is 2.17. The number of aliphatic hydroxyl groups is 1. The van der Waals surface area contributed by atoms with Crippen LogP contribution in [0.4, 0.5) is 0 Å². The average Bonchev–Trinajstić information content (AvgIpc) is 2.26. The molecule has 0 saturated heterocycles. The summed E-state index contributed by atoms with van der Waals surface area (Å²) in [5.41, 5.74) is 2.06. The minimum atomic E-state index is -0.675. The van der Waals surface area contributed by atoms with E-state index in [9.17, 15) is 5.11 Å². The van der Waals surface area contributed by atoms with Crippen LogP contribution in [0.15, 0.2) is 24.3 Å². The third-order valence-electron chi connectivity index (χ3n) is 2.41. The van der Waals surface area contributed by atoms with Crippen molar-refractivity contribution < 1.29 is 5.11 Å². The van der Waals surface area contributed by atoms with Crippen LogP contribution in [-0.2, 0) is 6.42 Å². The zero-order valence-electron chi connectivity index (χ0n) is 9.40. The van der Waals surface area contributed by atoms with Crippen molar-refractivity contribution in [1.82, 2.24) is 4.90 Å². The zero-order chi connectivity index (χ0) is 11.4. The van der Waals surface area contributed by atoms with Gasteiger partial charge in [0.1, 0.15) is 11.1 Å². The van der Waals surface area contributed by atoms with Gasteiger partial charge in [-0.05, 0) is 17.5 Å². The number of thiocarbonyl (C=S) groups is 1. The summed E-state index contributed by atoms with van der Waals surface area (Å²) >= 11 is 5.17. The lowest BCUT2D eigenvalue weighted by Gasteiger charge is -2.21. The predicted molar refractivity (Wildman–Crippen MR) is 67.1 cm³/mol. The van der Waals surface area contributed by atoms with Crippen molar-refractivity contribution in [3.63, 3.8) is 0 Å². The van der Waals surface area contributed by atoms with Gasteiger partial charge in [-0.3, -0.25) is 0 Å². The molecule has 1 atom stereocenters.